The number of nitrogens with zero attached hydrogens (tertiary/aromatic N) is 1. The van der Waals surface area contributed by atoms with E-state index in [2.05, 4.69) is 17.1 Å². The highest BCUT2D eigenvalue weighted by atomic mass is 16.3. The normalized spacial score (nSPS) is 11.2. The van der Waals surface area contributed by atoms with Crippen LogP contribution in [0.1, 0.15) is 11.5 Å². The van der Waals surface area contributed by atoms with Crippen LogP contribution < -0.4 is 5.73 Å². The molecule has 0 bridgehead atoms. The van der Waals surface area contributed by atoms with Crippen molar-refractivity contribution in [2.75, 3.05) is 5.73 Å². The van der Waals surface area contributed by atoms with Crippen LogP contribution >= 0.6 is 0 Å². The third-order valence-electron chi connectivity index (χ3n) is 3.67. The second-order valence-electron chi connectivity index (χ2n) is 5.13. The largest absolute Gasteiger partial charge is 0.440 e. The Labute approximate surface area is 122 Å². The standard InChI is InChI=1S/C18H14N2O/c19-15-11-16-18(14-9-5-4-8-13(14)15)21-17(20-16)10-12-6-2-1-3-7-12/h1-9,11H,10,19H2. The molecule has 2 N–H and O–H groups in total. The Morgan fingerprint density at radius 1 is 0.905 bits per heavy atom. The van der Waals surface area contributed by atoms with Gasteiger partial charge in [0.25, 0.3) is 0 Å². The minimum Gasteiger partial charge on any atom is -0.440 e. The van der Waals surface area contributed by atoms with E-state index < -0.39 is 0 Å². The molecular weight excluding hydrogens is 260 g/mol. The monoisotopic (exact) mass is 274 g/mol. The molecule has 4 rings (SSSR count). The minimum absolute atomic E-state index is 0.684. The average molecular weight is 274 g/mol. The lowest BCUT2D eigenvalue weighted by Gasteiger charge is -2.01. The van der Waals surface area contributed by atoms with Crippen LogP contribution in [0.15, 0.2) is 65.1 Å². The van der Waals surface area contributed by atoms with E-state index in [4.69, 9.17) is 10.2 Å². The van der Waals surface area contributed by atoms with Crippen LogP contribution in [0, 0.1) is 0 Å². The predicted molar refractivity (Wildman–Crippen MR) is 85.2 cm³/mol. The molecule has 0 fully saturated rings. The number of hydrogen-bond donors (Lipinski definition) is 1. The zero-order valence-corrected chi connectivity index (χ0v) is 11.4. The summed E-state index contributed by atoms with van der Waals surface area (Å²) in [6, 6.07) is 20.1. The summed E-state index contributed by atoms with van der Waals surface area (Å²) in [6.45, 7) is 0. The summed E-state index contributed by atoms with van der Waals surface area (Å²) in [5.41, 5.74) is 9.65. The first-order valence-corrected chi connectivity index (χ1v) is 6.92. The zero-order valence-electron chi connectivity index (χ0n) is 11.4. The second kappa shape index (κ2) is 4.63. The summed E-state index contributed by atoms with van der Waals surface area (Å²) in [7, 11) is 0. The summed E-state index contributed by atoms with van der Waals surface area (Å²) < 4.78 is 5.97. The van der Waals surface area contributed by atoms with E-state index in [1.165, 1.54) is 5.56 Å². The third kappa shape index (κ3) is 2.03. The van der Waals surface area contributed by atoms with Crippen LogP contribution in [-0.2, 0) is 6.42 Å². The van der Waals surface area contributed by atoms with Crippen molar-refractivity contribution in [2.45, 2.75) is 6.42 Å². The first-order chi connectivity index (χ1) is 10.3. The van der Waals surface area contributed by atoms with Gasteiger partial charge in [-0.2, -0.15) is 0 Å². The van der Waals surface area contributed by atoms with Gasteiger partial charge in [0.15, 0.2) is 11.5 Å². The number of nitrogens with two attached hydrogens (primary N) is 1. The van der Waals surface area contributed by atoms with Gasteiger partial charge in [-0.05, 0) is 11.6 Å². The average Bonchev–Trinajstić information content (AvgIpc) is 2.91. The van der Waals surface area contributed by atoms with Gasteiger partial charge in [0, 0.05) is 22.9 Å². The minimum atomic E-state index is 0.684. The smallest absolute Gasteiger partial charge is 0.199 e. The maximum Gasteiger partial charge on any atom is 0.199 e. The topological polar surface area (TPSA) is 52.0 Å². The summed E-state index contributed by atoms with van der Waals surface area (Å²) >= 11 is 0. The van der Waals surface area contributed by atoms with Crippen molar-refractivity contribution in [3.63, 3.8) is 0 Å². The zero-order chi connectivity index (χ0) is 14.2. The van der Waals surface area contributed by atoms with Crippen molar-refractivity contribution < 1.29 is 4.42 Å². The second-order valence-corrected chi connectivity index (χ2v) is 5.13. The molecule has 0 spiro atoms. The van der Waals surface area contributed by atoms with Crippen molar-refractivity contribution in [3.05, 3.63) is 72.1 Å². The van der Waals surface area contributed by atoms with Crippen LogP contribution in [0.2, 0.25) is 0 Å². The molecule has 0 radical (unpaired) electrons. The number of aromatic nitrogens is 1. The van der Waals surface area contributed by atoms with Crippen molar-refractivity contribution in [3.8, 4) is 0 Å². The number of anilines is 1. The quantitative estimate of drug-likeness (QED) is 0.558. The number of nitrogen functional groups attached to an aromatic ring is 1. The van der Waals surface area contributed by atoms with Crippen LogP contribution in [0.25, 0.3) is 21.9 Å². The number of hydrogen-bond acceptors (Lipinski definition) is 3. The Bertz CT molecular complexity index is 926. The van der Waals surface area contributed by atoms with Gasteiger partial charge >= 0.3 is 0 Å². The summed E-state index contributed by atoms with van der Waals surface area (Å²) in [5.74, 6) is 0.715. The van der Waals surface area contributed by atoms with Gasteiger partial charge < -0.3 is 10.2 Å². The van der Waals surface area contributed by atoms with E-state index in [-0.39, 0.29) is 0 Å². The highest BCUT2D eigenvalue weighted by molar-refractivity contribution is 6.08. The number of rotatable bonds is 2. The van der Waals surface area contributed by atoms with Crippen molar-refractivity contribution in [1.29, 1.82) is 0 Å². The molecule has 3 heteroatoms. The fourth-order valence-electron chi connectivity index (χ4n) is 2.67. The molecule has 0 saturated heterocycles. The molecule has 1 aromatic heterocycles. The summed E-state index contributed by atoms with van der Waals surface area (Å²) in [5, 5.41) is 2.02. The van der Waals surface area contributed by atoms with Gasteiger partial charge in [-0.15, -0.1) is 0 Å². The van der Waals surface area contributed by atoms with E-state index in [0.717, 1.165) is 27.6 Å². The number of benzene rings is 3. The fraction of sp³-hybridized carbons (Fsp3) is 0.0556. The molecule has 0 aliphatic carbocycles. The highest BCUT2D eigenvalue weighted by Gasteiger charge is 2.11. The molecule has 3 aromatic carbocycles. The molecule has 4 aromatic rings. The number of fused-ring (bicyclic) bond motifs is 3. The maximum absolute atomic E-state index is 6.10. The predicted octanol–water partition coefficient (Wildman–Crippen LogP) is 4.15. The van der Waals surface area contributed by atoms with E-state index in [9.17, 15) is 0 Å². The van der Waals surface area contributed by atoms with Gasteiger partial charge in [-0.1, -0.05) is 54.6 Å². The number of oxazole rings is 1. The van der Waals surface area contributed by atoms with E-state index in [1.807, 2.05) is 48.5 Å². The molecule has 0 aliphatic heterocycles. The van der Waals surface area contributed by atoms with Gasteiger partial charge in [0.1, 0.15) is 5.52 Å². The van der Waals surface area contributed by atoms with Gasteiger partial charge in [0.05, 0.1) is 0 Å². The Hall–Kier alpha value is -2.81. The van der Waals surface area contributed by atoms with Gasteiger partial charge in [0.2, 0.25) is 0 Å². The molecule has 0 saturated carbocycles. The summed E-state index contributed by atoms with van der Waals surface area (Å²) in [6.07, 6.45) is 0.684. The molecule has 1 heterocycles. The van der Waals surface area contributed by atoms with Crippen LogP contribution in [0.3, 0.4) is 0 Å². The maximum atomic E-state index is 6.10. The Morgan fingerprint density at radius 2 is 1.62 bits per heavy atom. The lowest BCUT2D eigenvalue weighted by Crippen LogP contribution is -1.87. The third-order valence-corrected chi connectivity index (χ3v) is 3.67. The Kier molecular flexibility index (Phi) is 2.64. The van der Waals surface area contributed by atoms with Crippen LogP contribution in [0.4, 0.5) is 5.69 Å². The lowest BCUT2D eigenvalue weighted by atomic mass is 10.1. The SMILES string of the molecule is Nc1cc2nc(Cc3ccccc3)oc2c2ccccc12. The van der Waals surface area contributed by atoms with Crippen LogP contribution in [-0.4, -0.2) is 4.98 Å². The molecule has 0 aliphatic rings. The van der Waals surface area contributed by atoms with Gasteiger partial charge in [-0.25, -0.2) is 4.98 Å². The van der Waals surface area contributed by atoms with E-state index >= 15 is 0 Å². The Balaban J connectivity index is 1.88. The fourth-order valence-corrected chi connectivity index (χ4v) is 2.67. The molecule has 0 atom stereocenters. The van der Waals surface area contributed by atoms with Crippen molar-refractivity contribution >= 4 is 27.6 Å². The Morgan fingerprint density at radius 3 is 2.43 bits per heavy atom. The van der Waals surface area contributed by atoms with E-state index in [0.29, 0.717) is 12.3 Å². The molecule has 102 valence electrons. The molecule has 0 unspecified atom stereocenters. The van der Waals surface area contributed by atoms with Gasteiger partial charge in [-0.3, -0.25) is 0 Å². The molecule has 0 amide bonds. The first-order valence-electron chi connectivity index (χ1n) is 6.92. The van der Waals surface area contributed by atoms with E-state index in [1.54, 1.807) is 0 Å². The summed E-state index contributed by atoms with van der Waals surface area (Å²) in [4.78, 5) is 4.57. The molecular formula is C18H14N2O. The molecule has 21 heavy (non-hydrogen) atoms. The highest BCUT2D eigenvalue weighted by Crippen LogP contribution is 2.31. The van der Waals surface area contributed by atoms with Crippen molar-refractivity contribution in [2.24, 2.45) is 0 Å². The first kappa shape index (κ1) is 12.0. The lowest BCUT2D eigenvalue weighted by molar-refractivity contribution is 0.546. The van der Waals surface area contributed by atoms with Crippen molar-refractivity contribution in [1.82, 2.24) is 4.98 Å². The molecule has 3 nitrogen and oxygen atoms in total. The van der Waals surface area contributed by atoms with Crippen LogP contribution in [0.5, 0.6) is 0 Å².